The van der Waals surface area contributed by atoms with E-state index in [1.807, 2.05) is 57.2 Å². The molecule has 0 spiro atoms. The minimum atomic E-state index is -0.244. The molecule has 0 aliphatic carbocycles. The number of hydrogen-bond acceptors (Lipinski definition) is 4. The van der Waals surface area contributed by atoms with E-state index in [0.717, 1.165) is 16.8 Å². The molecule has 1 amide bonds. The predicted octanol–water partition coefficient (Wildman–Crippen LogP) is 4.73. The zero-order valence-corrected chi connectivity index (χ0v) is 16.3. The number of anilines is 2. The van der Waals surface area contributed by atoms with Crippen molar-refractivity contribution < 1.29 is 4.79 Å². The molecule has 6 heteroatoms. The van der Waals surface area contributed by atoms with Crippen molar-refractivity contribution in [3.8, 4) is 0 Å². The summed E-state index contributed by atoms with van der Waals surface area (Å²) in [5, 5.41) is 6.65. The molecule has 1 heterocycles. The van der Waals surface area contributed by atoms with Gasteiger partial charge >= 0.3 is 0 Å². The monoisotopic (exact) mass is 380 g/mol. The van der Waals surface area contributed by atoms with E-state index in [4.69, 9.17) is 11.6 Å². The largest absolute Gasteiger partial charge is 0.347 e. The Balaban J connectivity index is 1.72. The summed E-state index contributed by atoms with van der Waals surface area (Å²) in [5.74, 6) is 0.112. The molecule has 0 atom stereocenters. The number of nitrogens with one attached hydrogen (secondary N) is 2. The maximum absolute atomic E-state index is 12.5. The third-order valence-corrected chi connectivity index (χ3v) is 4.50. The number of amides is 1. The van der Waals surface area contributed by atoms with Gasteiger partial charge in [-0.1, -0.05) is 47.5 Å². The lowest BCUT2D eigenvalue weighted by Gasteiger charge is -2.10. The van der Waals surface area contributed by atoms with Crippen LogP contribution in [-0.4, -0.2) is 15.9 Å². The molecule has 2 N–H and O–H groups in total. The highest BCUT2D eigenvalue weighted by Gasteiger charge is 2.11. The summed E-state index contributed by atoms with van der Waals surface area (Å²) < 4.78 is 0. The molecule has 2 aromatic carbocycles. The summed E-state index contributed by atoms with van der Waals surface area (Å²) in [7, 11) is 0. The maximum Gasteiger partial charge on any atom is 0.270 e. The van der Waals surface area contributed by atoms with Crippen molar-refractivity contribution in [3.05, 3.63) is 81.6 Å². The summed E-state index contributed by atoms with van der Waals surface area (Å²) >= 11 is 6.16. The van der Waals surface area contributed by atoms with Crippen LogP contribution < -0.4 is 10.6 Å². The first-order valence-electron chi connectivity index (χ1n) is 8.63. The molecule has 0 unspecified atom stereocenters. The molecule has 0 radical (unpaired) electrons. The molecular weight excluding hydrogens is 360 g/mol. The number of carbonyl (C=O) groups is 1. The van der Waals surface area contributed by atoms with Crippen LogP contribution in [0.1, 0.15) is 32.9 Å². The van der Waals surface area contributed by atoms with Crippen LogP contribution in [-0.2, 0) is 6.54 Å². The van der Waals surface area contributed by atoms with Gasteiger partial charge in [0.2, 0.25) is 5.95 Å². The van der Waals surface area contributed by atoms with Gasteiger partial charge in [0.05, 0.1) is 0 Å². The Labute approximate surface area is 163 Å². The molecule has 3 rings (SSSR count). The van der Waals surface area contributed by atoms with E-state index in [2.05, 4.69) is 20.6 Å². The van der Waals surface area contributed by atoms with Crippen LogP contribution in [0.4, 0.5) is 11.6 Å². The van der Waals surface area contributed by atoms with E-state index >= 15 is 0 Å². The first-order valence-corrected chi connectivity index (χ1v) is 9.01. The predicted molar refractivity (Wildman–Crippen MR) is 109 cm³/mol. The van der Waals surface area contributed by atoms with Crippen molar-refractivity contribution in [3.63, 3.8) is 0 Å². The fourth-order valence-electron chi connectivity index (χ4n) is 2.52. The number of rotatable bonds is 5. The van der Waals surface area contributed by atoms with Gasteiger partial charge in [-0.25, -0.2) is 9.97 Å². The second kappa shape index (κ2) is 8.18. The lowest BCUT2D eigenvalue weighted by molar-refractivity contribution is 0.0945. The highest BCUT2D eigenvalue weighted by atomic mass is 35.5. The number of nitrogens with zero attached hydrogens (tertiary/aromatic N) is 2. The normalized spacial score (nSPS) is 10.5. The fraction of sp³-hybridized carbons (Fsp3) is 0.190. The van der Waals surface area contributed by atoms with Gasteiger partial charge in [-0.3, -0.25) is 4.79 Å². The summed E-state index contributed by atoms with van der Waals surface area (Å²) in [4.78, 5) is 21.2. The van der Waals surface area contributed by atoms with Gasteiger partial charge in [-0.2, -0.15) is 0 Å². The van der Waals surface area contributed by atoms with Crippen molar-refractivity contribution in [2.75, 3.05) is 5.32 Å². The smallest absolute Gasteiger partial charge is 0.270 e. The van der Waals surface area contributed by atoms with Crippen molar-refractivity contribution >= 4 is 29.1 Å². The van der Waals surface area contributed by atoms with Gasteiger partial charge in [0, 0.05) is 22.9 Å². The van der Waals surface area contributed by atoms with Crippen molar-refractivity contribution in [2.24, 2.45) is 0 Å². The van der Waals surface area contributed by atoms with Crippen molar-refractivity contribution in [1.29, 1.82) is 0 Å². The van der Waals surface area contributed by atoms with Crippen LogP contribution in [0.5, 0.6) is 0 Å². The number of benzene rings is 2. The van der Waals surface area contributed by atoms with E-state index in [1.54, 1.807) is 12.1 Å². The second-order valence-electron chi connectivity index (χ2n) is 6.48. The third kappa shape index (κ3) is 5.05. The minimum absolute atomic E-state index is 0.244. The Hall–Kier alpha value is -2.92. The molecule has 27 heavy (non-hydrogen) atoms. The second-order valence-corrected chi connectivity index (χ2v) is 6.88. The number of carbonyl (C=O) groups excluding carboxylic acids is 1. The number of aromatic nitrogens is 2. The Morgan fingerprint density at radius 2 is 1.74 bits per heavy atom. The summed E-state index contributed by atoms with van der Waals surface area (Å²) in [5.41, 5.74) is 4.99. The van der Waals surface area contributed by atoms with Crippen molar-refractivity contribution in [2.45, 2.75) is 27.3 Å². The van der Waals surface area contributed by atoms with E-state index < -0.39 is 0 Å². The topological polar surface area (TPSA) is 66.9 Å². The Bertz CT molecular complexity index is 970. The average molecular weight is 381 g/mol. The van der Waals surface area contributed by atoms with E-state index in [9.17, 15) is 4.79 Å². The molecule has 0 bridgehead atoms. The number of halogens is 1. The molecule has 5 nitrogen and oxygen atoms in total. The molecule has 0 aliphatic heterocycles. The first kappa shape index (κ1) is 18.9. The molecule has 0 saturated carbocycles. The highest BCUT2D eigenvalue weighted by molar-refractivity contribution is 6.31. The third-order valence-electron chi connectivity index (χ3n) is 4.09. The quantitative estimate of drug-likeness (QED) is 0.671. The highest BCUT2D eigenvalue weighted by Crippen LogP contribution is 2.22. The summed E-state index contributed by atoms with van der Waals surface area (Å²) in [6.07, 6.45) is 0. The van der Waals surface area contributed by atoms with Crippen LogP contribution in [0.15, 0.2) is 48.5 Å². The van der Waals surface area contributed by atoms with Gasteiger partial charge < -0.3 is 10.6 Å². The Kier molecular flexibility index (Phi) is 5.72. The van der Waals surface area contributed by atoms with Crippen LogP contribution in [0.2, 0.25) is 5.02 Å². The lowest BCUT2D eigenvalue weighted by Crippen LogP contribution is -2.24. The zero-order valence-electron chi connectivity index (χ0n) is 15.5. The molecule has 138 valence electrons. The minimum Gasteiger partial charge on any atom is -0.347 e. The Morgan fingerprint density at radius 1 is 1.00 bits per heavy atom. The average Bonchev–Trinajstić information content (AvgIpc) is 2.63. The summed E-state index contributed by atoms with van der Waals surface area (Å²) in [6.45, 7) is 6.23. The molecular formula is C21H21ClN4O. The van der Waals surface area contributed by atoms with Gasteiger partial charge in [-0.05, 0) is 50.1 Å². The van der Waals surface area contributed by atoms with Gasteiger partial charge in [0.25, 0.3) is 5.91 Å². The van der Waals surface area contributed by atoms with Crippen LogP contribution in [0.3, 0.4) is 0 Å². The first-order chi connectivity index (χ1) is 12.9. The molecule has 3 aromatic rings. The van der Waals surface area contributed by atoms with Crippen molar-refractivity contribution in [1.82, 2.24) is 15.3 Å². The molecule has 0 aliphatic rings. The van der Waals surface area contributed by atoms with Gasteiger partial charge in [-0.15, -0.1) is 0 Å². The van der Waals surface area contributed by atoms with E-state index in [0.29, 0.717) is 28.9 Å². The van der Waals surface area contributed by atoms with E-state index in [1.165, 1.54) is 5.56 Å². The SMILES string of the molecule is Cc1ccc(CNC(=O)c2cc(C)nc(Nc3ccc(C)c(Cl)c3)n2)cc1. The zero-order chi connectivity index (χ0) is 19.4. The van der Waals surface area contributed by atoms with E-state index in [-0.39, 0.29) is 5.91 Å². The molecule has 1 aromatic heterocycles. The van der Waals surface area contributed by atoms with Gasteiger partial charge in [0.15, 0.2) is 0 Å². The number of hydrogen-bond donors (Lipinski definition) is 2. The van der Waals surface area contributed by atoms with Crippen LogP contribution in [0.25, 0.3) is 0 Å². The summed E-state index contributed by atoms with van der Waals surface area (Å²) in [6, 6.07) is 15.3. The standard InChI is InChI=1S/C21H21ClN4O/c1-13-4-7-16(8-5-13)12-23-20(27)19-10-15(3)24-21(26-19)25-17-9-6-14(2)18(22)11-17/h4-11H,12H2,1-3H3,(H,23,27)(H,24,25,26). The lowest BCUT2D eigenvalue weighted by atomic mass is 10.1. The number of aryl methyl sites for hydroxylation is 3. The Morgan fingerprint density at radius 3 is 2.44 bits per heavy atom. The fourth-order valence-corrected chi connectivity index (χ4v) is 2.70. The van der Waals surface area contributed by atoms with Crippen LogP contribution in [0, 0.1) is 20.8 Å². The molecule has 0 saturated heterocycles. The van der Waals surface area contributed by atoms with Crippen LogP contribution >= 0.6 is 11.6 Å². The maximum atomic E-state index is 12.5. The molecule has 0 fully saturated rings. The van der Waals surface area contributed by atoms with Gasteiger partial charge in [0.1, 0.15) is 5.69 Å².